The molecule has 0 fully saturated rings. The third-order valence-electron chi connectivity index (χ3n) is 2.49. The minimum absolute atomic E-state index is 0.238. The molecule has 2 N–H and O–H groups in total. The normalized spacial score (nSPS) is 10.8. The molecule has 3 aromatic rings. The van der Waals surface area contributed by atoms with Gasteiger partial charge in [-0.2, -0.15) is 5.10 Å². The maximum Gasteiger partial charge on any atom is 0.127 e. The molecule has 1 aromatic carbocycles. The molecule has 0 saturated carbocycles. The average Bonchev–Trinajstić information content (AvgIpc) is 2.82. The SMILES string of the molecule is Oc1cc(-c2cn[nH]c2)nc2ccccc12. The van der Waals surface area contributed by atoms with E-state index in [9.17, 15) is 5.11 Å². The van der Waals surface area contributed by atoms with Gasteiger partial charge in [0.05, 0.1) is 17.4 Å². The highest BCUT2D eigenvalue weighted by Crippen LogP contribution is 2.28. The molecule has 0 spiro atoms. The molecule has 0 radical (unpaired) electrons. The Morgan fingerprint density at radius 2 is 2.06 bits per heavy atom. The van der Waals surface area contributed by atoms with E-state index >= 15 is 0 Å². The molecule has 2 aromatic heterocycles. The van der Waals surface area contributed by atoms with Crippen LogP contribution in [0.5, 0.6) is 5.75 Å². The summed E-state index contributed by atoms with van der Waals surface area (Å²) in [5, 5.41) is 17.2. The molecule has 0 aliphatic carbocycles. The molecule has 3 rings (SSSR count). The van der Waals surface area contributed by atoms with Gasteiger partial charge in [-0.05, 0) is 12.1 Å². The lowest BCUT2D eigenvalue weighted by Crippen LogP contribution is -1.84. The van der Waals surface area contributed by atoms with E-state index in [2.05, 4.69) is 15.2 Å². The molecular weight excluding hydrogens is 202 g/mol. The average molecular weight is 211 g/mol. The van der Waals surface area contributed by atoms with Gasteiger partial charge in [-0.15, -0.1) is 0 Å². The van der Waals surface area contributed by atoms with Crippen molar-refractivity contribution in [1.29, 1.82) is 0 Å². The van der Waals surface area contributed by atoms with Gasteiger partial charge in [0.25, 0.3) is 0 Å². The molecule has 0 atom stereocenters. The lowest BCUT2D eigenvalue weighted by atomic mass is 10.1. The highest BCUT2D eigenvalue weighted by Gasteiger charge is 2.06. The summed E-state index contributed by atoms with van der Waals surface area (Å²) in [4.78, 5) is 4.46. The topological polar surface area (TPSA) is 61.8 Å². The Kier molecular flexibility index (Phi) is 1.86. The second kappa shape index (κ2) is 3.34. The Hall–Kier alpha value is -2.36. The van der Waals surface area contributed by atoms with E-state index in [1.54, 1.807) is 18.5 Å². The second-order valence-corrected chi connectivity index (χ2v) is 3.53. The highest BCUT2D eigenvalue weighted by atomic mass is 16.3. The van der Waals surface area contributed by atoms with Crippen molar-refractivity contribution in [3.63, 3.8) is 0 Å². The van der Waals surface area contributed by atoms with Gasteiger partial charge in [0.2, 0.25) is 0 Å². The van der Waals surface area contributed by atoms with Crippen molar-refractivity contribution in [3.8, 4) is 17.0 Å². The van der Waals surface area contributed by atoms with E-state index in [0.29, 0.717) is 5.69 Å². The van der Waals surface area contributed by atoms with Gasteiger partial charge in [-0.1, -0.05) is 12.1 Å². The summed E-state index contributed by atoms with van der Waals surface area (Å²) < 4.78 is 0. The third kappa shape index (κ3) is 1.32. The number of aromatic hydroxyl groups is 1. The van der Waals surface area contributed by atoms with E-state index in [0.717, 1.165) is 16.5 Å². The highest BCUT2D eigenvalue weighted by molar-refractivity contribution is 5.87. The largest absolute Gasteiger partial charge is 0.507 e. The number of benzene rings is 1. The van der Waals surface area contributed by atoms with E-state index in [1.807, 2.05) is 24.3 Å². The van der Waals surface area contributed by atoms with Crippen LogP contribution in [-0.4, -0.2) is 20.3 Å². The Labute approximate surface area is 91.6 Å². The van der Waals surface area contributed by atoms with Crippen LogP contribution in [0.3, 0.4) is 0 Å². The van der Waals surface area contributed by atoms with E-state index < -0.39 is 0 Å². The number of nitrogens with one attached hydrogen (secondary N) is 1. The van der Waals surface area contributed by atoms with Crippen LogP contribution >= 0.6 is 0 Å². The maximum atomic E-state index is 9.88. The maximum absolute atomic E-state index is 9.88. The van der Waals surface area contributed by atoms with Crippen molar-refractivity contribution in [1.82, 2.24) is 15.2 Å². The number of fused-ring (bicyclic) bond motifs is 1. The first-order chi connectivity index (χ1) is 7.84. The van der Waals surface area contributed by atoms with Crippen molar-refractivity contribution >= 4 is 10.9 Å². The predicted octanol–water partition coefficient (Wildman–Crippen LogP) is 2.33. The molecule has 4 nitrogen and oxygen atoms in total. The molecule has 78 valence electrons. The van der Waals surface area contributed by atoms with Crippen molar-refractivity contribution in [2.45, 2.75) is 0 Å². The quantitative estimate of drug-likeness (QED) is 0.649. The smallest absolute Gasteiger partial charge is 0.127 e. The molecule has 2 heterocycles. The summed E-state index contributed by atoms with van der Waals surface area (Å²) in [6, 6.07) is 9.14. The minimum Gasteiger partial charge on any atom is -0.507 e. The van der Waals surface area contributed by atoms with Crippen LogP contribution in [-0.2, 0) is 0 Å². The van der Waals surface area contributed by atoms with Gasteiger partial charge >= 0.3 is 0 Å². The van der Waals surface area contributed by atoms with Crippen molar-refractivity contribution in [3.05, 3.63) is 42.7 Å². The fourth-order valence-corrected chi connectivity index (χ4v) is 1.70. The molecule has 0 unspecified atom stereocenters. The van der Waals surface area contributed by atoms with Gasteiger partial charge in [0.15, 0.2) is 0 Å². The van der Waals surface area contributed by atoms with Crippen molar-refractivity contribution in [2.75, 3.05) is 0 Å². The molecule has 0 saturated heterocycles. The molecule has 16 heavy (non-hydrogen) atoms. The lowest BCUT2D eigenvalue weighted by molar-refractivity contribution is 0.481. The molecule has 4 heteroatoms. The first-order valence-electron chi connectivity index (χ1n) is 4.92. The Morgan fingerprint density at radius 1 is 1.19 bits per heavy atom. The molecule has 0 aliphatic rings. The van der Waals surface area contributed by atoms with E-state index in [-0.39, 0.29) is 5.75 Å². The van der Waals surface area contributed by atoms with E-state index in [1.165, 1.54) is 0 Å². The minimum atomic E-state index is 0.238. The third-order valence-corrected chi connectivity index (χ3v) is 2.49. The summed E-state index contributed by atoms with van der Waals surface area (Å²) in [6.07, 6.45) is 3.42. The van der Waals surface area contributed by atoms with Gasteiger partial charge in [0, 0.05) is 23.2 Å². The van der Waals surface area contributed by atoms with Crippen LogP contribution in [0.4, 0.5) is 0 Å². The van der Waals surface area contributed by atoms with Crippen LogP contribution in [0.1, 0.15) is 0 Å². The number of para-hydroxylation sites is 1. The van der Waals surface area contributed by atoms with Gasteiger partial charge < -0.3 is 5.11 Å². The van der Waals surface area contributed by atoms with Gasteiger partial charge in [-0.25, -0.2) is 4.98 Å². The number of nitrogens with zero attached hydrogens (tertiary/aromatic N) is 2. The molecule has 0 aliphatic heterocycles. The number of hydrogen-bond donors (Lipinski definition) is 2. The number of H-pyrrole nitrogens is 1. The second-order valence-electron chi connectivity index (χ2n) is 3.53. The number of aromatic nitrogens is 3. The summed E-state index contributed by atoms with van der Waals surface area (Å²) in [5.74, 6) is 0.238. The number of rotatable bonds is 1. The Morgan fingerprint density at radius 3 is 2.88 bits per heavy atom. The summed E-state index contributed by atoms with van der Waals surface area (Å²) in [7, 11) is 0. The zero-order chi connectivity index (χ0) is 11.0. The zero-order valence-electron chi connectivity index (χ0n) is 8.38. The van der Waals surface area contributed by atoms with Crippen molar-refractivity contribution < 1.29 is 5.11 Å². The summed E-state index contributed by atoms with van der Waals surface area (Å²) in [6.45, 7) is 0. The fraction of sp³-hybridized carbons (Fsp3) is 0. The van der Waals surface area contributed by atoms with Crippen LogP contribution in [0.15, 0.2) is 42.7 Å². The number of hydrogen-bond acceptors (Lipinski definition) is 3. The summed E-state index contributed by atoms with van der Waals surface area (Å²) >= 11 is 0. The van der Waals surface area contributed by atoms with Gasteiger partial charge in [0.1, 0.15) is 5.75 Å². The molecule has 0 bridgehead atoms. The summed E-state index contributed by atoms with van der Waals surface area (Å²) in [5.41, 5.74) is 2.35. The van der Waals surface area contributed by atoms with E-state index in [4.69, 9.17) is 0 Å². The fourth-order valence-electron chi connectivity index (χ4n) is 1.70. The van der Waals surface area contributed by atoms with Crippen LogP contribution in [0.25, 0.3) is 22.2 Å². The molecule has 0 amide bonds. The van der Waals surface area contributed by atoms with Crippen LogP contribution < -0.4 is 0 Å². The first kappa shape index (κ1) is 8.91. The first-order valence-corrected chi connectivity index (χ1v) is 4.92. The lowest BCUT2D eigenvalue weighted by Gasteiger charge is -2.03. The number of aromatic amines is 1. The monoisotopic (exact) mass is 211 g/mol. The zero-order valence-corrected chi connectivity index (χ0v) is 8.38. The standard InChI is InChI=1S/C12H9N3O/c16-12-5-11(8-6-13-14-7-8)15-10-4-2-1-3-9(10)12/h1-7H,(H,13,14)(H,15,16). The Bertz CT molecular complexity index is 632. The molecular formula is C12H9N3O. The van der Waals surface area contributed by atoms with Gasteiger partial charge in [-0.3, -0.25) is 5.10 Å². The Balaban J connectivity index is 2.29. The van der Waals surface area contributed by atoms with Crippen molar-refractivity contribution in [2.24, 2.45) is 0 Å². The predicted molar refractivity (Wildman–Crippen MR) is 61.0 cm³/mol. The van der Waals surface area contributed by atoms with Crippen LogP contribution in [0, 0.1) is 0 Å². The number of pyridine rings is 1. The van der Waals surface area contributed by atoms with Crippen LogP contribution in [0.2, 0.25) is 0 Å².